The van der Waals surface area contributed by atoms with Gasteiger partial charge in [-0.25, -0.2) is 0 Å². The molecular weight excluding hydrogens is 200 g/mol. The molecule has 1 aliphatic carbocycles. The quantitative estimate of drug-likeness (QED) is 0.744. The van der Waals surface area contributed by atoms with Crippen LogP contribution in [0.3, 0.4) is 0 Å². The second kappa shape index (κ2) is 5.17. The maximum atomic E-state index is 12.1. The van der Waals surface area contributed by atoms with Crippen LogP contribution in [0.4, 0.5) is 0 Å². The summed E-state index contributed by atoms with van der Waals surface area (Å²) in [5.74, 6) is 1.94. The Morgan fingerprint density at radius 2 is 2.19 bits per heavy atom. The van der Waals surface area contributed by atoms with Gasteiger partial charge in [-0.3, -0.25) is 4.79 Å². The molecule has 0 spiro atoms. The maximum absolute atomic E-state index is 12.1. The van der Waals surface area contributed by atoms with E-state index in [0.29, 0.717) is 11.8 Å². The number of nitrogens with zero attached hydrogens (tertiary/aromatic N) is 1. The van der Waals surface area contributed by atoms with Crippen LogP contribution >= 0.6 is 0 Å². The fourth-order valence-electron chi connectivity index (χ4n) is 2.59. The lowest BCUT2D eigenvalue weighted by Gasteiger charge is -2.21. The minimum absolute atomic E-state index is 0.103. The molecule has 2 aliphatic rings. The predicted molar refractivity (Wildman–Crippen MR) is 65.2 cm³/mol. The fourth-order valence-corrected chi connectivity index (χ4v) is 2.59. The zero-order valence-electron chi connectivity index (χ0n) is 10.5. The lowest BCUT2D eigenvalue weighted by Crippen LogP contribution is -2.40. The molecule has 16 heavy (non-hydrogen) atoms. The lowest BCUT2D eigenvalue weighted by atomic mass is 10.1. The van der Waals surface area contributed by atoms with E-state index in [0.717, 1.165) is 38.4 Å². The summed E-state index contributed by atoms with van der Waals surface area (Å²) in [7, 11) is 0. The third kappa shape index (κ3) is 2.76. The number of likely N-dealkylation sites (tertiary alicyclic amines) is 1. The van der Waals surface area contributed by atoms with Gasteiger partial charge in [-0.2, -0.15) is 0 Å². The van der Waals surface area contributed by atoms with Crippen molar-refractivity contribution < 1.29 is 4.79 Å². The highest BCUT2D eigenvalue weighted by Crippen LogP contribution is 2.37. The zero-order chi connectivity index (χ0) is 11.5. The molecule has 2 atom stereocenters. The van der Waals surface area contributed by atoms with E-state index in [-0.39, 0.29) is 6.04 Å². The van der Waals surface area contributed by atoms with Crippen molar-refractivity contribution >= 4 is 5.91 Å². The topological polar surface area (TPSA) is 32.3 Å². The van der Waals surface area contributed by atoms with E-state index in [1.165, 1.54) is 12.8 Å². The maximum Gasteiger partial charge on any atom is 0.239 e. The Hall–Kier alpha value is -0.570. The summed E-state index contributed by atoms with van der Waals surface area (Å²) >= 11 is 0. The van der Waals surface area contributed by atoms with Crippen molar-refractivity contribution in [3.63, 3.8) is 0 Å². The molecule has 3 nitrogen and oxygen atoms in total. The molecule has 0 aromatic heterocycles. The van der Waals surface area contributed by atoms with Crippen molar-refractivity contribution in [3.05, 3.63) is 0 Å². The van der Waals surface area contributed by atoms with Crippen LogP contribution in [-0.2, 0) is 4.79 Å². The molecule has 0 radical (unpaired) electrons. The summed E-state index contributed by atoms with van der Waals surface area (Å²) in [6.45, 7) is 7.32. The summed E-state index contributed by atoms with van der Waals surface area (Å²) in [5, 5.41) is 3.34. The van der Waals surface area contributed by atoms with Crippen molar-refractivity contribution in [2.45, 2.75) is 45.6 Å². The molecule has 92 valence electrons. The van der Waals surface area contributed by atoms with Gasteiger partial charge in [-0.1, -0.05) is 13.8 Å². The Balaban J connectivity index is 1.76. The van der Waals surface area contributed by atoms with Gasteiger partial charge in [0.2, 0.25) is 5.91 Å². The number of hydrogen-bond donors (Lipinski definition) is 1. The lowest BCUT2D eigenvalue weighted by molar-refractivity contribution is -0.130. The fraction of sp³-hybridized carbons (Fsp3) is 0.923. The highest BCUT2D eigenvalue weighted by molar-refractivity contribution is 5.83. The second-order valence-electron chi connectivity index (χ2n) is 5.39. The Bertz CT molecular complexity index is 250. The molecule has 3 heteroatoms. The Morgan fingerprint density at radius 3 is 2.81 bits per heavy atom. The van der Waals surface area contributed by atoms with E-state index < -0.39 is 0 Å². The van der Waals surface area contributed by atoms with Crippen LogP contribution < -0.4 is 5.32 Å². The van der Waals surface area contributed by atoms with Gasteiger partial charge < -0.3 is 10.2 Å². The van der Waals surface area contributed by atoms with Gasteiger partial charge in [-0.15, -0.1) is 0 Å². The van der Waals surface area contributed by atoms with Crippen molar-refractivity contribution in [2.75, 3.05) is 19.6 Å². The third-order valence-corrected chi connectivity index (χ3v) is 3.87. The van der Waals surface area contributed by atoms with Crippen molar-refractivity contribution in [3.8, 4) is 0 Å². The van der Waals surface area contributed by atoms with Gasteiger partial charge in [-0.05, 0) is 44.1 Å². The van der Waals surface area contributed by atoms with Gasteiger partial charge >= 0.3 is 0 Å². The van der Waals surface area contributed by atoms with Crippen molar-refractivity contribution in [1.82, 2.24) is 10.2 Å². The first kappa shape index (κ1) is 11.9. The smallest absolute Gasteiger partial charge is 0.239 e. The summed E-state index contributed by atoms with van der Waals surface area (Å²) in [6.07, 6.45) is 4.85. The molecule has 1 N–H and O–H groups in total. The van der Waals surface area contributed by atoms with Crippen LogP contribution in [0.2, 0.25) is 0 Å². The molecule has 1 heterocycles. The number of carbonyl (C=O) groups is 1. The van der Waals surface area contributed by atoms with E-state index in [9.17, 15) is 4.79 Å². The van der Waals surface area contributed by atoms with Gasteiger partial charge in [0.25, 0.3) is 0 Å². The normalized spacial score (nSPS) is 27.5. The largest absolute Gasteiger partial charge is 0.341 e. The van der Waals surface area contributed by atoms with Crippen LogP contribution in [0.15, 0.2) is 0 Å². The minimum Gasteiger partial charge on any atom is -0.341 e. The van der Waals surface area contributed by atoms with Crippen LogP contribution in [0.25, 0.3) is 0 Å². The van der Waals surface area contributed by atoms with Crippen molar-refractivity contribution in [2.24, 2.45) is 11.8 Å². The summed E-state index contributed by atoms with van der Waals surface area (Å²) in [4.78, 5) is 14.1. The first-order valence-corrected chi connectivity index (χ1v) is 6.74. The van der Waals surface area contributed by atoms with Gasteiger partial charge in [0.1, 0.15) is 0 Å². The van der Waals surface area contributed by atoms with E-state index in [4.69, 9.17) is 0 Å². The zero-order valence-corrected chi connectivity index (χ0v) is 10.5. The van der Waals surface area contributed by atoms with Gasteiger partial charge in [0.15, 0.2) is 0 Å². The first-order chi connectivity index (χ1) is 7.72. The molecule has 0 aromatic rings. The number of hydrogen-bond acceptors (Lipinski definition) is 2. The van der Waals surface area contributed by atoms with E-state index in [1.807, 2.05) is 0 Å². The number of carbonyl (C=O) groups excluding carboxylic acids is 1. The third-order valence-electron chi connectivity index (χ3n) is 3.87. The molecule has 2 rings (SSSR count). The molecular formula is C13H24N2O. The molecule has 0 aromatic carbocycles. The summed E-state index contributed by atoms with van der Waals surface area (Å²) in [5.41, 5.74) is 0. The Labute approximate surface area is 98.6 Å². The van der Waals surface area contributed by atoms with Gasteiger partial charge in [0.05, 0.1) is 6.04 Å². The SMILES string of the molecule is CCCNC1CCN(CC(C)C2CC2)C1=O. The highest BCUT2D eigenvalue weighted by atomic mass is 16.2. The minimum atomic E-state index is 0.103. The second-order valence-corrected chi connectivity index (χ2v) is 5.39. The standard InChI is InChI=1S/C13H24N2O/c1-3-7-14-12-6-8-15(13(12)16)9-10(2)11-4-5-11/h10-12,14H,3-9H2,1-2H3. The summed E-state index contributed by atoms with van der Waals surface area (Å²) in [6, 6.07) is 0.103. The van der Waals surface area contributed by atoms with E-state index >= 15 is 0 Å². The number of amides is 1. The highest BCUT2D eigenvalue weighted by Gasteiger charge is 2.35. The van der Waals surface area contributed by atoms with E-state index in [1.54, 1.807) is 0 Å². The van der Waals surface area contributed by atoms with Crippen LogP contribution in [0, 0.1) is 11.8 Å². The van der Waals surface area contributed by atoms with Crippen molar-refractivity contribution in [1.29, 1.82) is 0 Å². The molecule has 2 fully saturated rings. The molecule has 2 unspecified atom stereocenters. The Morgan fingerprint density at radius 1 is 1.44 bits per heavy atom. The van der Waals surface area contributed by atoms with E-state index in [2.05, 4.69) is 24.1 Å². The molecule has 0 bridgehead atoms. The van der Waals surface area contributed by atoms with Crippen LogP contribution in [0.5, 0.6) is 0 Å². The monoisotopic (exact) mass is 224 g/mol. The average molecular weight is 224 g/mol. The number of nitrogens with one attached hydrogen (secondary N) is 1. The van der Waals surface area contributed by atoms with Gasteiger partial charge in [0, 0.05) is 13.1 Å². The van der Waals surface area contributed by atoms with Crippen LogP contribution in [-0.4, -0.2) is 36.5 Å². The number of rotatable bonds is 6. The van der Waals surface area contributed by atoms with Crippen LogP contribution in [0.1, 0.15) is 39.5 Å². The average Bonchev–Trinajstić information content (AvgIpc) is 3.06. The molecule has 1 saturated carbocycles. The molecule has 1 amide bonds. The Kier molecular flexibility index (Phi) is 3.85. The first-order valence-electron chi connectivity index (χ1n) is 6.74. The predicted octanol–water partition coefficient (Wildman–Crippen LogP) is 1.63. The molecule has 1 saturated heterocycles. The summed E-state index contributed by atoms with van der Waals surface area (Å²) < 4.78 is 0. The molecule has 1 aliphatic heterocycles.